The van der Waals surface area contributed by atoms with E-state index in [1.165, 1.54) is 81.3 Å². The molecule has 9 aromatic rings. The van der Waals surface area contributed by atoms with Gasteiger partial charge in [-0.1, -0.05) is 178 Å². The van der Waals surface area contributed by atoms with Gasteiger partial charge in [0.1, 0.15) is 0 Å². The summed E-state index contributed by atoms with van der Waals surface area (Å²) in [7, 11) is 0. The number of unbranched alkanes of at least 4 members (excludes halogenated alkanes) is 2. The van der Waals surface area contributed by atoms with Crippen LogP contribution >= 0.6 is 0 Å². The maximum atomic E-state index is 5.20. The van der Waals surface area contributed by atoms with E-state index in [9.17, 15) is 0 Å². The maximum absolute atomic E-state index is 5.20. The molecule has 11 rings (SSSR count). The molecule has 0 radical (unpaired) electrons. The summed E-state index contributed by atoms with van der Waals surface area (Å²) in [5.74, 6) is 1.96. The van der Waals surface area contributed by atoms with Crippen LogP contribution in [0.2, 0.25) is 0 Å². The fourth-order valence-electron chi connectivity index (χ4n) is 10.2. The van der Waals surface area contributed by atoms with Crippen molar-refractivity contribution in [1.29, 1.82) is 0 Å². The van der Waals surface area contributed by atoms with Crippen molar-refractivity contribution in [2.24, 2.45) is 0 Å². The smallest absolute Gasteiger partial charge is 0.164 e. The third-order valence-electron chi connectivity index (χ3n) is 13.3. The molecule has 2 aliphatic carbocycles. The number of nitrogens with zero attached hydrogens (tertiary/aromatic N) is 4. The van der Waals surface area contributed by atoms with E-state index in [4.69, 9.17) is 15.0 Å². The van der Waals surface area contributed by atoms with Crippen LogP contribution < -0.4 is 4.90 Å². The van der Waals surface area contributed by atoms with Crippen LogP contribution in [0, 0.1) is 0 Å². The second-order valence-corrected chi connectivity index (χ2v) is 17.2. The van der Waals surface area contributed by atoms with E-state index in [1.54, 1.807) is 0 Å². The van der Waals surface area contributed by atoms with Gasteiger partial charge in [-0.05, 0) is 124 Å². The van der Waals surface area contributed by atoms with Gasteiger partial charge in [0.25, 0.3) is 0 Å². The first-order valence-electron chi connectivity index (χ1n) is 23.0. The van der Waals surface area contributed by atoms with Gasteiger partial charge in [0.2, 0.25) is 0 Å². The molecular formula is C60H50N4. The van der Waals surface area contributed by atoms with Crippen molar-refractivity contribution in [2.75, 3.05) is 4.90 Å². The number of rotatable bonds is 12. The van der Waals surface area contributed by atoms with E-state index in [0.717, 1.165) is 46.6 Å². The number of aromatic nitrogens is 3. The van der Waals surface area contributed by atoms with Crippen molar-refractivity contribution in [3.05, 3.63) is 228 Å². The zero-order valence-electron chi connectivity index (χ0n) is 36.5. The molecule has 0 saturated heterocycles. The van der Waals surface area contributed by atoms with Crippen molar-refractivity contribution in [3.8, 4) is 56.4 Å². The minimum atomic E-state index is -0.582. The van der Waals surface area contributed by atoms with E-state index in [1.807, 2.05) is 36.4 Å². The Morgan fingerprint density at radius 3 is 1.27 bits per heavy atom. The molecule has 1 unspecified atom stereocenters. The maximum Gasteiger partial charge on any atom is 0.164 e. The molecule has 8 aromatic carbocycles. The molecular weight excluding hydrogens is 777 g/mol. The molecule has 1 heterocycles. The highest BCUT2D eigenvalue weighted by Crippen LogP contribution is 2.63. The molecule has 0 bridgehead atoms. The summed E-state index contributed by atoms with van der Waals surface area (Å²) < 4.78 is 0. The third-order valence-corrected chi connectivity index (χ3v) is 13.3. The summed E-state index contributed by atoms with van der Waals surface area (Å²) in [6.07, 6.45) is 6.94. The summed E-state index contributed by atoms with van der Waals surface area (Å²) in [6.45, 7) is 4.52. The van der Waals surface area contributed by atoms with Gasteiger partial charge in [-0.3, -0.25) is 0 Å². The van der Waals surface area contributed by atoms with Crippen LogP contribution in [0.4, 0.5) is 17.1 Å². The Hall–Kier alpha value is -7.43. The fourth-order valence-corrected chi connectivity index (χ4v) is 10.2. The van der Waals surface area contributed by atoms with Gasteiger partial charge in [0.05, 0.1) is 5.41 Å². The van der Waals surface area contributed by atoms with Crippen LogP contribution in [0.25, 0.3) is 56.4 Å². The molecule has 0 fully saturated rings. The van der Waals surface area contributed by atoms with Crippen LogP contribution in [0.5, 0.6) is 0 Å². The lowest BCUT2D eigenvalue weighted by Crippen LogP contribution is -2.26. The summed E-state index contributed by atoms with van der Waals surface area (Å²) in [4.78, 5) is 17.9. The Morgan fingerprint density at radius 2 is 0.766 bits per heavy atom. The predicted molar refractivity (Wildman–Crippen MR) is 264 cm³/mol. The van der Waals surface area contributed by atoms with E-state index in [-0.39, 0.29) is 0 Å². The van der Waals surface area contributed by atoms with Gasteiger partial charge in [0, 0.05) is 33.8 Å². The van der Waals surface area contributed by atoms with Crippen molar-refractivity contribution in [1.82, 2.24) is 15.0 Å². The van der Waals surface area contributed by atoms with Gasteiger partial charge >= 0.3 is 0 Å². The molecule has 0 saturated carbocycles. The quantitative estimate of drug-likeness (QED) is 0.123. The van der Waals surface area contributed by atoms with Crippen LogP contribution in [0.3, 0.4) is 0 Å². The van der Waals surface area contributed by atoms with Crippen molar-refractivity contribution < 1.29 is 0 Å². The Balaban J connectivity index is 1.12. The highest BCUT2D eigenvalue weighted by atomic mass is 15.1. The molecule has 0 amide bonds. The molecule has 2 aliphatic rings. The second kappa shape index (κ2) is 16.7. The van der Waals surface area contributed by atoms with Gasteiger partial charge in [-0.25, -0.2) is 15.0 Å². The topological polar surface area (TPSA) is 41.9 Å². The number of fused-ring (bicyclic) bond motifs is 10. The first kappa shape index (κ1) is 39.4. The highest BCUT2D eigenvalue weighted by molar-refractivity contribution is 5.97. The standard InChI is InChI=1S/C60H50N4/c1-3-5-17-41-27-32-46(33-28-41)64(47-34-29-42(30-35-47)18-6-4-2)48-36-38-52-50-24-14-16-26-54(50)60(56(52)40-48)53-25-15-13-23-49(53)51-37-31-45(39-55(51)60)59-62-57(43-19-9-7-10-20-43)61-58(63-59)44-21-11-8-12-22-44/h7-16,19-40H,3-6,17-18H2,1-2H3. The zero-order valence-corrected chi connectivity index (χ0v) is 36.5. The van der Waals surface area contributed by atoms with E-state index >= 15 is 0 Å². The Bertz CT molecular complexity index is 3000. The first-order valence-corrected chi connectivity index (χ1v) is 23.0. The Kier molecular flexibility index (Phi) is 10.3. The van der Waals surface area contributed by atoms with Gasteiger partial charge in [0.15, 0.2) is 17.5 Å². The summed E-state index contributed by atoms with van der Waals surface area (Å²) >= 11 is 0. The van der Waals surface area contributed by atoms with Crippen LogP contribution in [-0.4, -0.2) is 15.0 Å². The largest absolute Gasteiger partial charge is 0.310 e. The molecule has 0 N–H and O–H groups in total. The van der Waals surface area contributed by atoms with Gasteiger partial charge in [-0.15, -0.1) is 0 Å². The average Bonchev–Trinajstić information content (AvgIpc) is 3.83. The summed E-state index contributed by atoms with van der Waals surface area (Å²) in [5.41, 5.74) is 18.6. The molecule has 64 heavy (non-hydrogen) atoms. The lowest BCUT2D eigenvalue weighted by Gasteiger charge is -2.32. The predicted octanol–water partition coefficient (Wildman–Crippen LogP) is 15.4. The number of anilines is 3. The lowest BCUT2D eigenvalue weighted by atomic mass is 9.70. The SMILES string of the molecule is CCCCc1ccc(N(c2ccc(CCCC)cc2)c2ccc3c(c2)C2(c4ccccc4-c4ccc(-c5nc(-c6ccccc6)nc(-c6ccccc6)n5)cc42)c2ccccc2-3)cc1. The molecule has 4 heteroatoms. The van der Waals surface area contributed by atoms with Gasteiger partial charge in [-0.2, -0.15) is 0 Å². The zero-order chi connectivity index (χ0) is 43.0. The van der Waals surface area contributed by atoms with Crippen molar-refractivity contribution in [3.63, 3.8) is 0 Å². The fraction of sp³-hybridized carbons (Fsp3) is 0.150. The molecule has 1 atom stereocenters. The van der Waals surface area contributed by atoms with Crippen molar-refractivity contribution in [2.45, 2.75) is 57.8 Å². The average molecular weight is 827 g/mol. The van der Waals surface area contributed by atoms with E-state index < -0.39 is 5.41 Å². The summed E-state index contributed by atoms with van der Waals surface area (Å²) in [5, 5.41) is 0. The molecule has 310 valence electrons. The minimum Gasteiger partial charge on any atom is -0.310 e. The van der Waals surface area contributed by atoms with Gasteiger partial charge < -0.3 is 4.90 Å². The first-order chi connectivity index (χ1) is 31.6. The molecule has 0 aliphatic heterocycles. The number of hydrogen-bond acceptors (Lipinski definition) is 4. The lowest BCUT2D eigenvalue weighted by molar-refractivity contribution is 0.793. The van der Waals surface area contributed by atoms with Crippen LogP contribution in [0.1, 0.15) is 72.9 Å². The molecule has 1 aromatic heterocycles. The number of hydrogen-bond donors (Lipinski definition) is 0. The van der Waals surface area contributed by atoms with Crippen LogP contribution in [0.15, 0.2) is 194 Å². The monoisotopic (exact) mass is 826 g/mol. The summed E-state index contributed by atoms with van der Waals surface area (Å²) in [6, 6.07) is 71.0. The Labute approximate surface area is 377 Å². The van der Waals surface area contributed by atoms with E-state index in [0.29, 0.717) is 17.5 Å². The Morgan fingerprint density at radius 1 is 0.359 bits per heavy atom. The van der Waals surface area contributed by atoms with E-state index in [2.05, 4.69) is 176 Å². The number of benzene rings is 8. The highest BCUT2D eigenvalue weighted by Gasteiger charge is 2.52. The third kappa shape index (κ3) is 6.73. The number of aryl methyl sites for hydroxylation is 2. The van der Waals surface area contributed by atoms with Crippen LogP contribution in [-0.2, 0) is 18.3 Å². The molecule has 4 nitrogen and oxygen atoms in total. The minimum absolute atomic E-state index is 0.582. The van der Waals surface area contributed by atoms with Crippen molar-refractivity contribution >= 4 is 17.1 Å². The second-order valence-electron chi connectivity index (χ2n) is 17.2. The normalized spacial score (nSPS) is 14.2. The molecule has 1 spiro atoms.